The number of nitrogens with one attached hydrogen (secondary N) is 1. The van der Waals surface area contributed by atoms with Crippen molar-refractivity contribution in [2.45, 2.75) is 39.2 Å². The predicted octanol–water partition coefficient (Wildman–Crippen LogP) is 1.24. The van der Waals surface area contributed by atoms with Crippen LogP contribution in [-0.2, 0) is 19.4 Å². The predicted molar refractivity (Wildman–Crippen MR) is 78.2 cm³/mol. The molecule has 1 aliphatic rings. The first-order chi connectivity index (χ1) is 9.15. The van der Waals surface area contributed by atoms with Gasteiger partial charge in [-0.3, -0.25) is 0 Å². The Labute approximate surface area is 114 Å². The second kappa shape index (κ2) is 6.41. The fourth-order valence-electron chi connectivity index (χ4n) is 2.19. The number of nitrogens with zero attached hydrogens (tertiary/aromatic N) is 3. The van der Waals surface area contributed by atoms with E-state index in [2.05, 4.69) is 32.6 Å². The lowest BCUT2D eigenvalue weighted by Crippen LogP contribution is -2.33. The van der Waals surface area contributed by atoms with E-state index in [1.54, 1.807) is 0 Å². The molecule has 1 aromatic rings. The standard InChI is InChI=1S/C14H23N5/c1-11(2)9-17-14(15)16-7-6-12-10-19-8-4-3-5-13(19)18-12/h10H,1,3-9H2,2H3,(H3,15,16,17). The van der Waals surface area contributed by atoms with Crippen LogP contribution in [0.1, 0.15) is 31.3 Å². The Morgan fingerprint density at radius 1 is 1.58 bits per heavy atom. The maximum Gasteiger partial charge on any atom is 0.188 e. The molecule has 5 nitrogen and oxygen atoms in total. The highest BCUT2D eigenvalue weighted by Crippen LogP contribution is 2.14. The van der Waals surface area contributed by atoms with Crippen LogP contribution in [0.25, 0.3) is 0 Å². The molecule has 0 aromatic carbocycles. The van der Waals surface area contributed by atoms with Gasteiger partial charge in [0, 0.05) is 32.1 Å². The van der Waals surface area contributed by atoms with E-state index in [4.69, 9.17) is 5.73 Å². The Balaban J connectivity index is 1.78. The third-order valence-corrected chi connectivity index (χ3v) is 3.17. The van der Waals surface area contributed by atoms with E-state index in [-0.39, 0.29) is 0 Å². The molecule has 0 saturated carbocycles. The minimum absolute atomic E-state index is 0.479. The van der Waals surface area contributed by atoms with E-state index in [0.29, 0.717) is 12.5 Å². The fourth-order valence-corrected chi connectivity index (χ4v) is 2.19. The Bertz CT molecular complexity index is 449. The lowest BCUT2D eigenvalue weighted by Gasteiger charge is -2.11. The van der Waals surface area contributed by atoms with Crippen molar-refractivity contribution in [3.05, 3.63) is 29.9 Å². The van der Waals surface area contributed by atoms with Crippen molar-refractivity contribution in [2.75, 3.05) is 13.1 Å². The molecule has 0 amide bonds. The average molecular weight is 261 g/mol. The SMILES string of the molecule is C=C(C)CN=C(N)NCCc1cn2c(n1)CCCC2. The first kappa shape index (κ1) is 13.6. The van der Waals surface area contributed by atoms with Gasteiger partial charge in [0.05, 0.1) is 12.2 Å². The van der Waals surface area contributed by atoms with Crippen LogP contribution in [0.3, 0.4) is 0 Å². The third-order valence-electron chi connectivity index (χ3n) is 3.17. The van der Waals surface area contributed by atoms with Gasteiger partial charge >= 0.3 is 0 Å². The number of aryl methyl sites for hydroxylation is 2. The normalized spacial score (nSPS) is 15.1. The van der Waals surface area contributed by atoms with Crippen molar-refractivity contribution in [1.29, 1.82) is 0 Å². The Kier molecular flexibility index (Phi) is 4.60. The summed E-state index contributed by atoms with van der Waals surface area (Å²) >= 11 is 0. The highest BCUT2D eigenvalue weighted by molar-refractivity contribution is 5.77. The third kappa shape index (κ3) is 4.12. The van der Waals surface area contributed by atoms with E-state index in [1.807, 2.05) is 6.92 Å². The van der Waals surface area contributed by atoms with E-state index in [0.717, 1.165) is 37.2 Å². The smallest absolute Gasteiger partial charge is 0.188 e. The van der Waals surface area contributed by atoms with Gasteiger partial charge in [0.2, 0.25) is 0 Å². The molecule has 2 rings (SSSR count). The number of imidazole rings is 1. The van der Waals surface area contributed by atoms with E-state index >= 15 is 0 Å². The maximum absolute atomic E-state index is 5.76. The van der Waals surface area contributed by atoms with Crippen molar-refractivity contribution in [3.8, 4) is 0 Å². The topological polar surface area (TPSA) is 68.2 Å². The fraction of sp³-hybridized carbons (Fsp3) is 0.571. The molecule has 0 aliphatic carbocycles. The molecule has 0 saturated heterocycles. The molecular formula is C14H23N5. The Hall–Kier alpha value is -1.78. The van der Waals surface area contributed by atoms with Gasteiger partial charge in [-0.2, -0.15) is 0 Å². The van der Waals surface area contributed by atoms with Crippen LogP contribution in [-0.4, -0.2) is 28.6 Å². The summed E-state index contributed by atoms with van der Waals surface area (Å²) < 4.78 is 2.28. The number of guanidine groups is 1. The lowest BCUT2D eigenvalue weighted by molar-refractivity contribution is 0.522. The second-order valence-corrected chi connectivity index (χ2v) is 5.13. The summed E-state index contributed by atoms with van der Waals surface area (Å²) in [5.74, 6) is 1.71. The summed E-state index contributed by atoms with van der Waals surface area (Å²) in [6.45, 7) is 8.18. The highest BCUT2D eigenvalue weighted by Gasteiger charge is 2.11. The van der Waals surface area contributed by atoms with Gasteiger partial charge in [-0.25, -0.2) is 9.98 Å². The quantitative estimate of drug-likeness (QED) is 0.476. The van der Waals surface area contributed by atoms with Crippen LogP contribution < -0.4 is 11.1 Å². The van der Waals surface area contributed by atoms with Crippen molar-refractivity contribution in [3.63, 3.8) is 0 Å². The van der Waals surface area contributed by atoms with E-state index in [1.165, 1.54) is 18.7 Å². The number of aliphatic imine (C=N–C) groups is 1. The minimum Gasteiger partial charge on any atom is -0.370 e. The molecule has 2 heterocycles. The molecule has 19 heavy (non-hydrogen) atoms. The number of hydrogen-bond acceptors (Lipinski definition) is 2. The van der Waals surface area contributed by atoms with Gasteiger partial charge in [-0.15, -0.1) is 0 Å². The number of hydrogen-bond donors (Lipinski definition) is 2. The largest absolute Gasteiger partial charge is 0.370 e. The monoisotopic (exact) mass is 261 g/mol. The molecule has 1 aliphatic heterocycles. The molecular weight excluding hydrogens is 238 g/mol. The molecule has 0 atom stereocenters. The van der Waals surface area contributed by atoms with Crippen molar-refractivity contribution >= 4 is 5.96 Å². The van der Waals surface area contributed by atoms with Gasteiger partial charge in [0.1, 0.15) is 5.82 Å². The van der Waals surface area contributed by atoms with Crippen LogP contribution in [0.2, 0.25) is 0 Å². The van der Waals surface area contributed by atoms with Gasteiger partial charge in [0.15, 0.2) is 5.96 Å². The van der Waals surface area contributed by atoms with Gasteiger partial charge in [0.25, 0.3) is 0 Å². The number of fused-ring (bicyclic) bond motifs is 1. The summed E-state index contributed by atoms with van der Waals surface area (Å²) in [4.78, 5) is 8.83. The minimum atomic E-state index is 0.479. The number of nitrogens with two attached hydrogens (primary N) is 1. The van der Waals surface area contributed by atoms with Crippen molar-refractivity contribution in [2.24, 2.45) is 10.7 Å². The molecule has 104 valence electrons. The zero-order valence-electron chi connectivity index (χ0n) is 11.7. The van der Waals surface area contributed by atoms with Crippen LogP contribution in [0.15, 0.2) is 23.3 Å². The summed E-state index contributed by atoms with van der Waals surface area (Å²) in [6.07, 6.45) is 6.67. The van der Waals surface area contributed by atoms with E-state index < -0.39 is 0 Å². The second-order valence-electron chi connectivity index (χ2n) is 5.13. The molecule has 0 radical (unpaired) electrons. The summed E-state index contributed by atoms with van der Waals surface area (Å²) in [5, 5.41) is 3.10. The first-order valence-electron chi connectivity index (χ1n) is 6.88. The lowest BCUT2D eigenvalue weighted by atomic mass is 10.2. The summed E-state index contributed by atoms with van der Waals surface area (Å²) in [6, 6.07) is 0. The van der Waals surface area contributed by atoms with Crippen LogP contribution >= 0.6 is 0 Å². The molecule has 0 bridgehead atoms. The average Bonchev–Trinajstić information content (AvgIpc) is 2.79. The highest BCUT2D eigenvalue weighted by atomic mass is 15.1. The van der Waals surface area contributed by atoms with Crippen LogP contribution in [0, 0.1) is 0 Å². The zero-order valence-corrected chi connectivity index (χ0v) is 11.7. The first-order valence-corrected chi connectivity index (χ1v) is 6.88. The van der Waals surface area contributed by atoms with Gasteiger partial charge in [-0.1, -0.05) is 12.2 Å². The summed E-state index contributed by atoms with van der Waals surface area (Å²) in [5.41, 5.74) is 7.90. The van der Waals surface area contributed by atoms with Gasteiger partial charge < -0.3 is 15.6 Å². The Morgan fingerprint density at radius 3 is 3.16 bits per heavy atom. The molecule has 0 spiro atoms. The molecule has 1 aromatic heterocycles. The Morgan fingerprint density at radius 2 is 2.42 bits per heavy atom. The molecule has 3 N–H and O–H groups in total. The zero-order chi connectivity index (χ0) is 13.7. The van der Waals surface area contributed by atoms with Crippen molar-refractivity contribution < 1.29 is 0 Å². The maximum atomic E-state index is 5.76. The van der Waals surface area contributed by atoms with Crippen LogP contribution in [0.5, 0.6) is 0 Å². The van der Waals surface area contributed by atoms with Crippen LogP contribution in [0.4, 0.5) is 0 Å². The summed E-state index contributed by atoms with van der Waals surface area (Å²) in [7, 11) is 0. The molecule has 0 fully saturated rings. The van der Waals surface area contributed by atoms with E-state index in [9.17, 15) is 0 Å². The van der Waals surface area contributed by atoms with Crippen molar-refractivity contribution in [1.82, 2.24) is 14.9 Å². The number of rotatable bonds is 5. The molecule has 5 heteroatoms. The van der Waals surface area contributed by atoms with Gasteiger partial charge in [-0.05, 0) is 19.8 Å². The number of aromatic nitrogens is 2. The molecule has 0 unspecified atom stereocenters.